The summed E-state index contributed by atoms with van der Waals surface area (Å²) in [6, 6.07) is -1.44. The Hall–Kier alpha value is -1.25. The van der Waals surface area contributed by atoms with Gasteiger partial charge in [-0.3, -0.25) is 9.59 Å². The average molecular weight is 305 g/mol. The molecule has 0 aromatic heterocycles. The number of primary amides is 1. The van der Waals surface area contributed by atoms with Gasteiger partial charge in [0.2, 0.25) is 11.8 Å². The van der Waals surface area contributed by atoms with Crippen molar-refractivity contribution in [2.45, 2.75) is 50.6 Å². The minimum absolute atomic E-state index is 0.193. The summed E-state index contributed by atoms with van der Waals surface area (Å²) in [5.41, 5.74) is 16.2. The number of hydrogen-bond donors (Lipinski definition) is 4. The topological polar surface area (TPSA) is 127 Å². The van der Waals surface area contributed by atoms with Crippen molar-refractivity contribution in [3.8, 4) is 0 Å². The van der Waals surface area contributed by atoms with Crippen molar-refractivity contribution >= 4 is 11.8 Å². The molecular weight excluding hydrogens is 277 g/mol. The van der Waals surface area contributed by atoms with Crippen LogP contribution in [-0.4, -0.2) is 49.2 Å². The van der Waals surface area contributed by atoms with E-state index in [9.17, 15) is 14.1 Å². The van der Waals surface area contributed by atoms with E-state index in [0.717, 1.165) is 19.9 Å². The zero-order valence-electron chi connectivity index (χ0n) is 12.7. The van der Waals surface area contributed by atoms with Crippen LogP contribution in [0.25, 0.3) is 0 Å². The van der Waals surface area contributed by atoms with E-state index < -0.39 is 18.0 Å². The van der Waals surface area contributed by atoms with Crippen LogP contribution in [0, 0.1) is 0 Å². The molecule has 2 atom stereocenters. The number of nitrogens with one attached hydrogen (secondary N) is 1. The van der Waals surface area contributed by atoms with E-state index in [-0.39, 0.29) is 5.91 Å². The van der Waals surface area contributed by atoms with Crippen molar-refractivity contribution in [2.75, 3.05) is 20.1 Å². The van der Waals surface area contributed by atoms with Gasteiger partial charge >= 0.3 is 0 Å². The van der Waals surface area contributed by atoms with Gasteiger partial charge in [-0.15, -0.1) is 9.60 Å². The lowest BCUT2D eigenvalue weighted by molar-refractivity contribution is -0.129. The number of nitrogens with two attached hydrogens (primary N) is 3. The SMILES string of the molecule is CN(F)C(CCCCNC(=O)C(N)CCCCN)C(N)=O. The maximum Gasteiger partial charge on any atom is 0.237 e. The minimum Gasteiger partial charge on any atom is -0.368 e. The molecule has 8 heteroatoms. The maximum absolute atomic E-state index is 12.9. The lowest BCUT2D eigenvalue weighted by atomic mass is 10.1. The number of nitrogens with zero attached hydrogens (tertiary/aromatic N) is 1. The molecule has 124 valence electrons. The fourth-order valence-corrected chi connectivity index (χ4v) is 1.94. The van der Waals surface area contributed by atoms with E-state index >= 15 is 0 Å². The standard InChI is InChI=1S/C13H28FN5O2/c1-19(14)11(12(17)20)7-3-5-9-18-13(21)10(16)6-2-4-8-15/h10-11H,2-9,15-16H2,1H3,(H2,17,20)(H,18,21). The summed E-state index contributed by atoms with van der Waals surface area (Å²) in [4.78, 5) is 22.6. The Kier molecular flexibility index (Phi) is 10.7. The molecule has 7 N–H and O–H groups in total. The molecule has 7 nitrogen and oxygen atoms in total. The highest BCUT2D eigenvalue weighted by molar-refractivity contribution is 5.81. The molecule has 0 rings (SSSR count). The zero-order valence-corrected chi connectivity index (χ0v) is 12.7. The first kappa shape index (κ1) is 19.8. The molecule has 21 heavy (non-hydrogen) atoms. The van der Waals surface area contributed by atoms with E-state index in [1.54, 1.807) is 0 Å². The molecule has 0 aromatic rings. The Labute approximate surface area is 125 Å². The average Bonchev–Trinajstić information content (AvgIpc) is 2.41. The number of carbonyl (C=O) groups is 2. The van der Waals surface area contributed by atoms with Gasteiger partial charge in [-0.05, 0) is 38.6 Å². The van der Waals surface area contributed by atoms with Gasteiger partial charge in [0.05, 0.1) is 6.04 Å². The van der Waals surface area contributed by atoms with Gasteiger partial charge in [-0.2, -0.15) is 0 Å². The third kappa shape index (κ3) is 9.33. The fraction of sp³-hybridized carbons (Fsp3) is 0.846. The molecule has 0 saturated heterocycles. The summed E-state index contributed by atoms with van der Waals surface area (Å²) in [6.07, 6.45) is 3.84. The number of unbranched alkanes of at least 4 members (excludes halogenated alkanes) is 2. The van der Waals surface area contributed by atoms with Gasteiger partial charge in [-0.1, -0.05) is 6.42 Å². The van der Waals surface area contributed by atoms with Gasteiger partial charge in [0.15, 0.2) is 0 Å². The second kappa shape index (κ2) is 11.4. The summed E-state index contributed by atoms with van der Waals surface area (Å²) in [7, 11) is 1.16. The number of carbonyl (C=O) groups excluding carboxylic acids is 2. The van der Waals surface area contributed by atoms with Crippen LogP contribution in [0.4, 0.5) is 4.48 Å². The predicted octanol–water partition coefficient (Wildman–Crippen LogP) is -0.601. The van der Waals surface area contributed by atoms with Crippen LogP contribution in [0.3, 0.4) is 0 Å². The van der Waals surface area contributed by atoms with E-state index in [1.165, 1.54) is 0 Å². The summed E-state index contributed by atoms with van der Waals surface area (Å²) < 4.78 is 12.9. The third-order valence-corrected chi connectivity index (χ3v) is 3.27. The molecule has 0 bridgehead atoms. The van der Waals surface area contributed by atoms with Crippen molar-refractivity contribution in [3.63, 3.8) is 0 Å². The minimum atomic E-state index is -0.917. The van der Waals surface area contributed by atoms with Crippen molar-refractivity contribution in [2.24, 2.45) is 17.2 Å². The van der Waals surface area contributed by atoms with Crippen molar-refractivity contribution in [3.05, 3.63) is 0 Å². The first-order chi connectivity index (χ1) is 9.90. The van der Waals surface area contributed by atoms with Crippen LogP contribution in [0.5, 0.6) is 0 Å². The molecule has 0 spiro atoms. The molecule has 2 unspecified atom stereocenters. The second-order valence-corrected chi connectivity index (χ2v) is 5.12. The Morgan fingerprint density at radius 3 is 2.33 bits per heavy atom. The molecule has 0 fully saturated rings. The van der Waals surface area contributed by atoms with E-state index in [1.807, 2.05) is 0 Å². The van der Waals surface area contributed by atoms with Crippen LogP contribution in [0.15, 0.2) is 0 Å². The van der Waals surface area contributed by atoms with Crippen molar-refractivity contribution in [1.82, 2.24) is 10.4 Å². The zero-order chi connectivity index (χ0) is 16.3. The highest BCUT2D eigenvalue weighted by atomic mass is 19.2. The first-order valence-corrected chi connectivity index (χ1v) is 7.31. The Balaban J connectivity index is 3.74. The molecule has 0 aliphatic carbocycles. The Bertz CT molecular complexity index is 315. The van der Waals surface area contributed by atoms with E-state index in [2.05, 4.69) is 5.32 Å². The van der Waals surface area contributed by atoms with Gasteiger partial charge in [0, 0.05) is 13.6 Å². The molecule has 0 aliphatic heterocycles. The summed E-state index contributed by atoms with van der Waals surface area (Å²) >= 11 is 0. The molecule has 0 aromatic carbocycles. The number of rotatable bonds is 12. The number of halogens is 1. The van der Waals surface area contributed by atoms with E-state index in [0.29, 0.717) is 43.9 Å². The predicted molar refractivity (Wildman–Crippen MR) is 79.6 cm³/mol. The molecule has 0 saturated carbocycles. The molecular formula is C13H28FN5O2. The molecule has 2 amide bonds. The monoisotopic (exact) mass is 305 g/mol. The van der Waals surface area contributed by atoms with Crippen LogP contribution in [0.1, 0.15) is 38.5 Å². The highest BCUT2D eigenvalue weighted by Crippen LogP contribution is 2.07. The number of hydrogen-bond acceptors (Lipinski definition) is 5. The summed E-state index contributed by atoms with van der Waals surface area (Å²) in [6.45, 7) is 1.04. The number of likely N-dealkylation sites (N-methyl/N-ethyl adjacent to an activating group) is 1. The van der Waals surface area contributed by atoms with Gasteiger partial charge in [-0.25, -0.2) is 0 Å². The van der Waals surface area contributed by atoms with Crippen LogP contribution in [-0.2, 0) is 9.59 Å². The number of amides is 2. The summed E-state index contributed by atoms with van der Waals surface area (Å²) in [5, 5.41) is 3.04. The molecule has 0 aliphatic rings. The van der Waals surface area contributed by atoms with E-state index in [4.69, 9.17) is 17.2 Å². The smallest absolute Gasteiger partial charge is 0.237 e. The molecule has 0 heterocycles. The lowest BCUT2D eigenvalue weighted by Gasteiger charge is -2.16. The quantitative estimate of drug-likeness (QED) is 0.283. The highest BCUT2D eigenvalue weighted by Gasteiger charge is 2.20. The second-order valence-electron chi connectivity index (χ2n) is 5.12. The van der Waals surface area contributed by atoms with Crippen LogP contribution >= 0.6 is 0 Å². The van der Waals surface area contributed by atoms with Crippen molar-refractivity contribution < 1.29 is 14.1 Å². The largest absolute Gasteiger partial charge is 0.368 e. The molecule has 0 radical (unpaired) electrons. The fourth-order valence-electron chi connectivity index (χ4n) is 1.94. The first-order valence-electron chi connectivity index (χ1n) is 7.31. The Morgan fingerprint density at radius 1 is 1.19 bits per heavy atom. The van der Waals surface area contributed by atoms with Crippen molar-refractivity contribution in [1.29, 1.82) is 0 Å². The van der Waals surface area contributed by atoms with Crippen LogP contribution < -0.4 is 22.5 Å². The normalized spacial score (nSPS) is 14.0. The van der Waals surface area contributed by atoms with Gasteiger partial charge < -0.3 is 22.5 Å². The van der Waals surface area contributed by atoms with Gasteiger partial charge in [0.1, 0.15) is 6.04 Å². The van der Waals surface area contributed by atoms with Crippen LogP contribution in [0.2, 0.25) is 0 Å². The summed E-state index contributed by atoms with van der Waals surface area (Å²) in [5.74, 6) is -0.882. The van der Waals surface area contributed by atoms with Gasteiger partial charge in [0.25, 0.3) is 0 Å². The Morgan fingerprint density at radius 2 is 1.81 bits per heavy atom. The lowest BCUT2D eigenvalue weighted by Crippen LogP contribution is -2.41. The maximum atomic E-state index is 12.9. The third-order valence-electron chi connectivity index (χ3n) is 3.27.